The Balaban J connectivity index is 1.31. The summed E-state index contributed by atoms with van der Waals surface area (Å²) in [5, 5.41) is 4.58. The lowest BCUT2D eigenvalue weighted by molar-refractivity contribution is 0.360. The molecule has 38 heavy (non-hydrogen) atoms. The van der Waals surface area contributed by atoms with Crippen LogP contribution in [0.5, 0.6) is 23.0 Å². The second-order valence-corrected chi connectivity index (χ2v) is 9.43. The molecular formula is C34H21NO3. The predicted octanol–water partition coefficient (Wildman–Crippen LogP) is 10.1. The second kappa shape index (κ2) is 8.15. The molecule has 4 nitrogen and oxygen atoms in total. The summed E-state index contributed by atoms with van der Waals surface area (Å²) in [4.78, 5) is 2.23. The number of hydrogen-bond donors (Lipinski definition) is 0. The molecule has 0 amide bonds. The van der Waals surface area contributed by atoms with Crippen molar-refractivity contribution in [1.29, 1.82) is 0 Å². The van der Waals surface area contributed by atoms with E-state index in [-0.39, 0.29) is 0 Å². The third-order valence-electron chi connectivity index (χ3n) is 7.09. The Morgan fingerprint density at radius 1 is 0.395 bits per heavy atom. The summed E-state index contributed by atoms with van der Waals surface area (Å²) in [5.74, 6) is 2.79. The minimum Gasteiger partial charge on any atom is -0.456 e. The van der Waals surface area contributed by atoms with Crippen LogP contribution in [0, 0.1) is 0 Å². The quantitative estimate of drug-likeness (QED) is 0.246. The fourth-order valence-corrected chi connectivity index (χ4v) is 5.27. The van der Waals surface area contributed by atoms with E-state index in [0.717, 1.165) is 44.8 Å². The molecule has 1 aliphatic rings. The van der Waals surface area contributed by atoms with Crippen molar-refractivity contribution >= 4 is 49.8 Å². The van der Waals surface area contributed by atoms with Gasteiger partial charge in [0.15, 0.2) is 23.0 Å². The maximum absolute atomic E-state index is 6.25. The summed E-state index contributed by atoms with van der Waals surface area (Å²) in [5.41, 5.74) is 4.72. The minimum absolute atomic E-state index is 0.678. The van der Waals surface area contributed by atoms with Crippen molar-refractivity contribution in [3.8, 4) is 23.0 Å². The molecule has 180 valence electrons. The number of furan rings is 1. The Morgan fingerprint density at radius 3 is 1.89 bits per heavy atom. The minimum atomic E-state index is 0.678. The molecule has 7 aromatic rings. The largest absolute Gasteiger partial charge is 0.456 e. The molecule has 0 aliphatic carbocycles. The summed E-state index contributed by atoms with van der Waals surface area (Å²) < 4.78 is 18.6. The molecular weight excluding hydrogens is 470 g/mol. The first-order valence-corrected chi connectivity index (χ1v) is 12.6. The Kier molecular flexibility index (Phi) is 4.49. The Morgan fingerprint density at radius 2 is 1.00 bits per heavy atom. The van der Waals surface area contributed by atoms with Crippen molar-refractivity contribution in [2.75, 3.05) is 4.90 Å². The molecule has 0 saturated heterocycles. The fraction of sp³-hybridized carbons (Fsp3) is 0. The average molecular weight is 492 g/mol. The number of rotatable bonds is 3. The average Bonchev–Trinajstić information content (AvgIpc) is 3.34. The number of ether oxygens (including phenoxy) is 2. The van der Waals surface area contributed by atoms with Gasteiger partial charge in [0.25, 0.3) is 0 Å². The highest BCUT2D eigenvalue weighted by atomic mass is 16.6. The van der Waals surface area contributed by atoms with Crippen molar-refractivity contribution in [3.63, 3.8) is 0 Å². The molecule has 2 heterocycles. The van der Waals surface area contributed by atoms with Gasteiger partial charge in [-0.05, 0) is 65.4 Å². The molecule has 0 saturated carbocycles. The SMILES string of the molecule is c1ccc2c(c1)Oc1ccc(N(c3ccc4ccccc4c3)c3ccc4c(c3)oc3ccccc34)cc1O2. The summed E-state index contributed by atoms with van der Waals surface area (Å²) >= 11 is 0. The molecule has 0 spiro atoms. The molecule has 0 fully saturated rings. The van der Waals surface area contributed by atoms with Crippen molar-refractivity contribution in [2.24, 2.45) is 0 Å². The van der Waals surface area contributed by atoms with E-state index in [4.69, 9.17) is 13.9 Å². The van der Waals surface area contributed by atoms with E-state index < -0.39 is 0 Å². The molecule has 0 N–H and O–H groups in total. The summed E-state index contributed by atoms with van der Waals surface area (Å²) in [7, 11) is 0. The van der Waals surface area contributed by atoms with Gasteiger partial charge < -0.3 is 18.8 Å². The van der Waals surface area contributed by atoms with Gasteiger partial charge >= 0.3 is 0 Å². The van der Waals surface area contributed by atoms with Gasteiger partial charge in [-0.25, -0.2) is 0 Å². The van der Waals surface area contributed by atoms with Gasteiger partial charge in [-0.3, -0.25) is 0 Å². The van der Waals surface area contributed by atoms with Crippen LogP contribution in [-0.2, 0) is 0 Å². The number of hydrogen-bond acceptors (Lipinski definition) is 4. The highest BCUT2D eigenvalue weighted by Gasteiger charge is 2.22. The normalized spacial score (nSPS) is 12.1. The van der Waals surface area contributed by atoms with Crippen LogP contribution in [0.4, 0.5) is 17.1 Å². The molecule has 1 aromatic heterocycles. The number of para-hydroxylation sites is 3. The van der Waals surface area contributed by atoms with E-state index in [2.05, 4.69) is 77.7 Å². The van der Waals surface area contributed by atoms with Crippen LogP contribution in [0.15, 0.2) is 132 Å². The van der Waals surface area contributed by atoms with Crippen LogP contribution >= 0.6 is 0 Å². The van der Waals surface area contributed by atoms with Crippen LogP contribution in [0.25, 0.3) is 32.7 Å². The molecule has 0 bridgehead atoms. The first kappa shape index (κ1) is 20.9. The van der Waals surface area contributed by atoms with E-state index in [9.17, 15) is 0 Å². The van der Waals surface area contributed by atoms with Crippen molar-refractivity contribution in [3.05, 3.63) is 127 Å². The van der Waals surface area contributed by atoms with Crippen molar-refractivity contribution in [1.82, 2.24) is 0 Å². The molecule has 4 heteroatoms. The maximum Gasteiger partial charge on any atom is 0.172 e. The molecule has 0 radical (unpaired) electrons. The Hall–Kier alpha value is -5.22. The van der Waals surface area contributed by atoms with Crippen molar-refractivity contribution < 1.29 is 13.9 Å². The van der Waals surface area contributed by atoms with Gasteiger partial charge in [0.1, 0.15) is 11.2 Å². The van der Waals surface area contributed by atoms with Gasteiger partial charge in [0.2, 0.25) is 0 Å². The van der Waals surface area contributed by atoms with E-state index in [1.54, 1.807) is 0 Å². The molecule has 6 aromatic carbocycles. The second-order valence-electron chi connectivity index (χ2n) is 9.43. The lowest BCUT2D eigenvalue weighted by atomic mass is 10.1. The zero-order chi connectivity index (χ0) is 25.1. The van der Waals surface area contributed by atoms with Crippen LogP contribution in [0.2, 0.25) is 0 Å². The first-order valence-electron chi connectivity index (χ1n) is 12.6. The van der Waals surface area contributed by atoms with Gasteiger partial charge in [0.05, 0.1) is 5.69 Å². The van der Waals surface area contributed by atoms with Gasteiger partial charge in [-0.1, -0.05) is 60.7 Å². The van der Waals surface area contributed by atoms with Gasteiger partial charge in [-0.15, -0.1) is 0 Å². The predicted molar refractivity (Wildman–Crippen MR) is 152 cm³/mol. The third-order valence-corrected chi connectivity index (χ3v) is 7.09. The van der Waals surface area contributed by atoms with Crippen LogP contribution in [0.3, 0.4) is 0 Å². The van der Waals surface area contributed by atoms with E-state index in [0.29, 0.717) is 17.2 Å². The third kappa shape index (κ3) is 3.31. The summed E-state index contributed by atoms with van der Waals surface area (Å²) in [6.45, 7) is 0. The number of nitrogens with zero attached hydrogens (tertiary/aromatic N) is 1. The highest BCUT2D eigenvalue weighted by molar-refractivity contribution is 6.06. The molecule has 0 atom stereocenters. The zero-order valence-corrected chi connectivity index (χ0v) is 20.3. The first-order chi connectivity index (χ1) is 18.8. The Bertz CT molecular complexity index is 2010. The summed E-state index contributed by atoms with van der Waals surface area (Å²) in [6.07, 6.45) is 0. The highest BCUT2D eigenvalue weighted by Crippen LogP contribution is 2.48. The molecule has 0 unspecified atom stereocenters. The van der Waals surface area contributed by atoms with Crippen LogP contribution in [-0.4, -0.2) is 0 Å². The number of benzene rings is 6. The number of anilines is 3. The molecule has 1 aliphatic heterocycles. The molecule has 8 rings (SSSR count). The monoisotopic (exact) mass is 491 g/mol. The maximum atomic E-state index is 6.25. The lowest BCUT2D eigenvalue weighted by Gasteiger charge is -2.28. The van der Waals surface area contributed by atoms with Gasteiger partial charge in [0, 0.05) is 34.3 Å². The smallest absolute Gasteiger partial charge is 0.172 e. The lowest BCUT2D eigenvalue weighted by Crippen LogP contribution is -2.10. The number of fused-ring (bicyclic) bond motifs is 6. The fourth-order valence-electron chi connectivity index (χ4n) is 5.27. The standard InChI is InChI=1S/C34H21NO3/c1-2-8-23-19-24(14-13-22(23)7-1)35(25-15-17-28-27-9-3-4-10-29(27)36-33(28)20-25)26-16-18-32-34(21-26)38-31-12-6-5-11-30(31)37-32/h1-21H. The van der Waals surface area contributed by atoms with E-state index in [1.165, 1.54) is 10.8 Å². The zero-order valence-electron chi connectivity index (χ0n) is 20.3. The Labute approximate surface area is 218 Å². The topological polar surface area (TPSA) is 34.8 Å². The van der Waals surface area contributed by atoms with Crippen LogP contribution in [0.1, 0.15) is 0 Å². The van der Waals surface area contributed by atoms with Gasteiger partial charge in [-0.2, -0.15) is 0 Å². The van der Waals surface area contributed by atoms with E-state index >= 15 is 0 Å². The van der Waals surface area contributed by atoms with E-state index in [1.807, 2.05) is 54.6 Å². The van der Waals surface area contributed by atoms with Crippen LogP contribution < -0.4 is 14.4 Å². The summed E-state index contributed by atoms with van der Waals surface area (Å²) in [6, 6.07) is 43.2. The van der Waals surface area contributed by atoms with Crippen molar-refractivity contribution in [2.45, 2.75) is 0 Å².